The predicted octanol–water partition coefficient (Wildman–Crippen LogP) is 2.09. The van der Waals surface area contributed by atoms with Crippen LogP contribution < -0.4 is 5.73 Å². The van der Waals surface area contributed by atoms with Crippen molar-refractivity contribution in [3.63, 3.8) is 0 Å². The lowest BCUT2D eigenvalue weighted by atomic mass is 9.94. The molecule has 0 aromatic carbocycles. The Morgan fingerprint density at radius 1 is 1.07 bits per heavy atom. The number of rotatable bonds is 7. The Balaban J connectivity index is 1.87. The van der Waals surface area contributed by atoms with Crippen molar-refractivity contribution in [1.29, 1.82) is 0 Å². The number of hydrogen-bond acceptors (Lipinski definition) is 3. The summed E-state index contributed by atoms with van der Waals surface area (Å²) in [4.78, 5) is 0. The van der Waals surface area contributed by atoms with Gasteiger partial charge in [-0.05, 0) is 32.1 Å². The third-order valence-electron chi connectivity index (χ3n) is 2.94. The molecule has 0 amide bonds. The van der Waals surface area contributed by atoms with Gasteiger partial charge in [0, 0.05) is 12.6 Å². The number of ether oxygens (including phenoxy) is 2. The molecule has 1 saturated carbocycles. The highest BCUT2D eigenvalue weighted by molar-refractivity contribution is 4.74. The first-order valence-corrected chi connectivity index (χ1v) is 6.28. The van der Waals surface area contributed by atoms with Gasteiger partial charge in [-0.3, -0.25) is 0 Å². The van der Waals surface area contributed by atoms with E-state index in [0.29, 0.717) is 12.1 Å². The summed E-state index contributed by atoms with van der Waals surface area (Å²) in [6, 6.07) is 0.408. The van der Waals surface area contributed by atoms with Gasteiger partial charge < -0.3 is 15.2 Å². The van der Waals surface area contributed by atoms with Crippen molar-refractivity contribution in [3.8, 4) is 0 Å². The SMILES string of the molecule is CCCCOCCOC1CCC(N)CC1. The molecule has 0 aromatic heterocycles. The lowest BCUT2D eigenvalue weighted by Crippen LogP contribution is -2.30. The Kier molecular flexibility index (Phi) is 6.98. The molecular weight excluding hydrogens is 190 g/mol. The first kappa shape index (κ1) is 12.9. The summed E-state index contributed by atoms with van der Waals surface area (Å²) in [5.41, 5.74) is 5.83. The first-order valence-electron chi connectivity index (χ1n) is 6.28. The van der Waals surface area contributed by atoms with Crippen LogP contribution in [0.1, 0.15) is 45.4 Å². The van der Waals surface area contributed by atoms with Crippen LogP contribution in [0.4, 0.5) is 0 Å². The van der Waals surface area contributed by atoms with Crippen molar-refractivity contribution >= 4 is 0 Å². The third kappa shape index (κ3) is 6.13. The molecule has 90 valence electrons. The zero-order valence-electron chi connectivity index (χ0n) is 9.91. The van der Waals surface area contributed by atoms with Crippen LogP contribution in [0, 0.1) is 0 Å². The summed E-state index contributed by atoms with van der Waals surface area (Å²) in [7, 11) is 0. The van der Waals surface area contributed by atoms with Crippen LogP contribution in [-0.4, -0.2) is 32.0 Å². The van der Waals surface area contributed by atoms with Crippen LogP contribution >= 0.6 is 0 Å². The summed E-state index contributed by atoms with van der Waals surface area (Å²) in [6.07, 6.45) is 7.24. The number of nitrogens with two attached hydrogens (primary N) is 1. The lowest BCUT2D eigenvalue weighted by Gasteiger charge is -2.26. The smallest absolute Gasteiger partial charge is 0.0704 e. The quantitative estimate of drug-likeness (QED) is 0.661. The van der Waals surface area contributed by atoms with Crippen LogP contribution in [0.25, 0.3) is 0 Å². The fraction of sp³-hybridized carbons (Fsp3) is 1.00. The largest absolute Gasteiger partial charge is 0.379 e. The normalized spacial score (nSPS) is 26.8. The molecule has 0 heterocycles. The maximum atomic E-state index is 5.83. The van der Waals surface area contributed by atoms with Crippen molar-refractivity contribution in [2.45, 2.75) is 57.6 Å². The van der Waals surface area contributed by atoms with Gasteiger partial charge in [0.25, 0.3) is 0 Å². The van der Waals surface area contributed by atoms with E-state index in [4.69, 9.17) is 15.2 Å². The van der Waals surface area contributed by atoms with E-state index in [1.165, 1.54) is 6.42 Å². The van der Waals surface area contributed by atoms with E-state index in [1.807, 2.05) is 0 Å². The van der Waals surface area contributed by atoms with Gasteiger partial charge in [-0.2, -0.15) is 0 Å². The number of hydrogen-bond donors (Lipinski definition) is 1. The van der Waals surface area contributed by atoms with Gasteiger partial charge in [-0.1, -0.05) is 13.3 Å². The van der Waals surface area contributed by atoms with Crippen LogP contribution in [0.3, 0.4) is 0 Å². The molecule has 0 spiro atoms. The Labute approximate surface area is 93.3 Å². The van der Waals surface area contributed by atoms with Gasteiger partial charge in [0.1, 0.15) is 0 Å². The number of unbranched alkanes of at least 4 members (excludes halogenated alkanes) is 1. The molecular formula is C12H25NO2. The molecule has 3 nitrogen and oxygen atoms in total. The Bertz CT molecular complexity index is 145. The van der Waals surface area contributed by atoms with Crippen LogP contribution in [-0.2, 0) is 9.47 Å². The summed E-state index contributed by atoms with van der Waals surface area (Å²) in [6.45, 7) is 4.52. The van der Waals surface area contributed by atoms with Crippen molar-refractivity contribution < 1.29 is 9.47 Å². The lowest BCUT2D eigenvalue weighted by molar-refractivity contribution is -0.0123. The monoisotopic (exact) mass is 215 g/mol. The van der Waals surface area contributed by atoms with Crippen LogP contribution in [0.2, 0.25) is 0 Å². The molecule has 0 unspecified atom stereocenters. The van der Waals surface area contributed by atoms with Gasteiger partial charge in [-0.25, -0.2) is 0 Å². The molecule has 1 rings (SSSR count). The Morgan fingerprint density at radius 2 is 1.80 bits per heavy atom. The second-order valence-electron chi connectivity index (χ2n) is 4.37. The molecule has 0 aliphatic heterocycles. The van der Waals surface area contributed by atoms with Crippen molar-refractivity contribution in [2.75, 3.05) is 19.8 Å². The van der Waals surface area contributed by atoms with Crippen molar-refractivity contribution in [1.82, 2.24) is 0 Å². The Morgan fingerprint density at radius 3 is 2.47 bits per heavy atom. The van der Waals surface area contributed by atoms with E-state index < -0.39 is 0 Å². The second-order valence-corrected chi connectivity index (χ2v) is 4.37. The molecule has 0 atom stereocenters. The summed E-state index contributed by atoms with van der Waals surface area (Å²) >= 11 is 0. The minimum Gasteiger partial charge on any atom is -0.379 e. The van der Waals surface area contributed by atoms with Gasteiger partial charge in [-0.15, -0.1) is 0 Å². The van der Waals surface area contributed by atoms with E-state index in [2.05, 4.69) is 6.92 Å². The van der Waals surface area contributed by atoms with Crippen LogP contribution in [0.15, 0.2) is 0 Å². The molecule has 1 aliphatic rings. The first-order chi connectivity index (χ1) is 7.33. The average molecular weight is 215 g/mol. The van der Waals surface area contributed by atoms with Crippen molar-refractivity contribution in [3.05, 3.63) is 0 Å². The molecule has 0 bridgehead atoms. The standard InChI is InChI=1S/C12H25NO2/c1-2-3-8-14-9-10-15-12-6-4-11(13)5-7-12/h11-12H,2-10,13H2,1H3. The molecule has 1 fully saturated rings. The third-order valence-corrected chi connectivity index (χ3v) is 2.94. The second kappa shape index (κ2) is 8.08. The molecule has 1 aliphatic carbocycles. The zero-order chi connectivity index (χ0) is 10.9. The average Bonchev–Trinajstić information content (AvgIpc) is 2.26. The molecule has 2 N–H and O–H groups in total. The highest BCUT2D eigenvalue weighted by Crippen LogP contribution is 2.19. The maximum Gasteiger partial charge on any atom is 0.0704 e. The van der Waals surface area contributed by atoms with E-state index in [9.17, 15) is 0 Å². The highest BCUT2D eigenvalue weighted by atomic mass is 16.5. The summed E-state index contributed by atoms with van der Waals surface area (Å²) in [5, 5.41) is 0. The predicted molar refractivity (Wildman–Crippen MR) is 61.9 cm³/mol. The molecule has 0 aromatic rings. The van der Waals surface area contributed by atoms with Gasteiger partial charge >= 0.3 is 0 Å². The van der Waals surface area contributed by atoms with Crippen molar-refractivity contribution in [2.24, 2.45) is 5.73 Å². The molecule has 0 radical (unpaired) electrons. The summed E-state index contributed by atoms with van der Waals surface area (Å²) < 4.78 is 11.2. The minimum atomic E-state index is 0.408. The summed E-state index contributed by atoms with van der Waals surface area (Å²) in [5.74, 6) is 0. The molecule has 0 saturated heterocycles. The Hall–Kier alpha value is -0.120. The maximum absolute atomic E-state index is 5.83. The van der Waals surface area contributed by atoms with Gasteiger partial charge in [0.05, 0.1) is 19.3 Å². The highest BCUT2D eigenvalue weighted by Gasteiger charge is 2.18. The van der Waals surface area contributed by atoms with E-state index in [-0.39, 0.29) is 0 Å². The zero-order valence-corrected chi connectivity index (χ0v) is 9.91. The topological polar surface area (TPSA) is 44.5 Å². The molecule has 3 heteroatoms. The fourth-order valence-electron chi connectivity index (χ4n) is 1.88. The van der Waals surface area contributed by atoms with E-state index in [1.54, 1.807) is 0 Å². The van der Waals surface area contributed by atoms with Gasteiger partial charge in [0.15, 0.2) is 0 Å². The van der Waals surface area contributed by atoms with E-state index >= 15 is 0 Å². The van der Waals surface area contributed by atoms with Crippen LogP contribution in [0.5, 0.6) is 0 Å². The van der Waals surface area contributed by atoms with Gasteiger partial charge in [0.2, 0.25) is 0 Å². The fourth-order valence-corrected chi connectivity index (χ4v) is 1.88. The molecule has 15 heavy (non-hydrogen) atoms. The van der Waals surface area contributed by atoms with E-state index in [0.717, 1.165) is 51.9 Å². The minimum absolute atomic E-state index is 0.408.